The summed E-state index contributed by atoms with van der Waals surface area (Å²) in [5, 5.41) is 8.13. The van der Waals surface area contributed by atoms with Gasteiger partial charge >= 0.3 is 0 Å². The van der Waals surface area contributed by atoms with E-state index in [-0.39, 0.29) is 25.6 Å². The van der Waals surface area contributed by atoms with Crippen LogP contribution < -0.4 is 0 Å². The van der Waals surface area contributed by atoms with Crippen molar-refractivity contribution in [3.8, 4) is 0 Å². The molecule has 3 aromatic rings. The minimum Gasteiger partial charge on any atom is -0.383 e. The molecule has 34 heavy (non-hydrogen) atoms. The van der Waals surface area contributed by atoms with Gasteiger partial charge in [-0.2, -0.15) is 5.10 Å². The van der Waals surface area contributed by atoms with Crippen LogP contribution in [0.5, 0.6) is 0 Å². The third-order valence-corrected chi connectivity index (χ3v) is 6.71. The molecule has 1 aliphatic heterocycles. The molecule has 1 aromatic heterocycles. The summed E-state index contributed by atoms with van der Waals surface area (Å²) in [5.74, 6) is -1.11. The van der Waals surface area contributed by atoms with E-state index < -0.39 is 17.8 Å². The maximum Gasteiger partial charge on any atom is 0.264 e. The average Bonchev–Trinajstić information content (AvgIpc) is 3.52. The van der Waals surface area contributed by atoms with E-state index in [0.29, 0.717) is 33.2 Å². The average molecular weight is 500 g/mol. The number of thiophene rings is 1. The summed E-state index contributed by atoms with van der Waals surface area (Å²) in [6.07, 6.45) is 0.299. The number of amides is 2. The van der Waals surface area contributed by atoms with Crippen LogP contribution in [0.4, 0.5) is 4.39 Å². The van der Waals surface area contributed by atoms with Crippen molar-refractivity contribution in [2.24, 2.45) is 5.10 Å². The molecule has 2 amide bonds. The van der Waals surface area contributed by atoms with Gasteiger partial charge in [-0.05, 0) is 23.6 Å². The number of methoxy groups -OCH3 is 1. The quantitative estimate of drug-likeness (QED) is 0.438. The molecule has 4 rings (SSSR count). The predicted octanol–water partition coefficient (Wildman–Crippen LogP) is 5.01. The Morgan fingerprint density at radius 1 is 1.18 bits per heavy atom. The molecule has 0 saturated carbocycles. The van der Waals surface area contributed by atoms with E-state index >= 15 is 0 Å². The molecule has 2 aromatic carbocycles. The van der Waals surface area contributed by atoms with Crippen molar-refractivity contribution in [2.75, 3.05) is 26.8 Å². The molecule has 0 aliphatic carbocycles. The summed E-state index contributed by atoms with van der Waals surface area (Å²) in [5.41, 5.74) is 1.63. The van der Waals surface area contributed by atoms with Crippen molar-refractivity contribution in [3.63, 3.8) is 0 Å². The van der Waals surface area contributed by atoms with Crippen LogP contribution in [0.15, 0.2) is 71.1 Å². The van der Waals surface area contributed by atoms with Crippen LogP contribution in [0.25, 0.3) is 0 Å². The summed E-state index contributed by atoms with van der Waals surface area (Å²) < 4.78 is 19.9. The van der Waals surface area contributed by atoms with Gasteiger partial charge < -0.3 is 9.64 Å². The minimum absolute atomic E-state index is 0.218. The summed E-state index contributed by atoms with van der Waals surface area (Å²) in [7, 11) is 1.53. The van der Waals surface area contributed by atoms with Gasteiger partial charge in [0.1, 0.15) is 12.4 Å². The van der Waals surface area contributed by atoms with Crippen LogP contribution in [0, 0.1) is 5.82 Å². The lowest BCUT2D eigenvalue weighted by molar-refractivity contribution is -0.133. The Balaban J connectivity index is 1.65. The Hall–Kier alpha value is -3.07. The number of hydrogen-bond acceptors (Lipinski definition) is 5. The van der Waals surface area contributed by atoms with E-state index in [2.05, 4.69) is 5.10 Å². The van der Waals surface area contributed by atoms with Crippen molar-refractivity contribution in [2.45, 2.75) is 12.5 Å². The minimum atomic E-state index is -0.652. The number of benzene rings is 2. The molecular weight excluding hydrogens is 477 g/mol. The number of hydrazone groups is 1. The van der Waals surface area contributed by atoms with E-state index in [9.17, 15) is 14.0 Å². The normalized spacial score (nSPS) is 15.3. The van der Waals surface area contributed by atoms with Crippen molar-refractivity contribution >= 4 is 40.5 Å². The van der Waals surface area contributed by atoms with Crippen molar-refractivity contribution < 1.29 is 18.7 Å². The van der Waals surface area contributed by atoms with Gasteiger partial charge in [0.2, 0.25) is 0 Å². The lowest BCUT2D eigenvalue weighted by Gasteiger charge is -2.26. The third-order valence-electron chi connectivity index (χ3n) is 5.53. The molecule has 0 saturated heterocycles. The number of carbonyl (C=O) groups is 2. The standard InChI is InChI=1S/C25H23ClFN3O3S/c1-33-13-12-29(25(32)23-11-6-14-34-23)16-24(31)30-22(18-8-3-5-10-20(18)27)15-21(28-30)17-7-2-4-9-19(17)26/h2-11,14,22H,12-13,15-16H2,1H3/t22-/m0/s1. The van der Waals surface area contributed by atoms with Crippen LogP contribution in [0.1, 0.15) is 33.3 Å². The molecule has 0 radical (unpaired) electrons. The second-order valence-electron chi connectivity index (χ2n) is 7.70. The van der Waals surface area contributed by atoms with Gasteiger partial charge in [-0.15, -0.1) is 11.3 Å². The van der Waals surface area contributed by atoms with Crippen molar-refractivity contribution in [1.29, 1.82) is 0 Å². The van der Waals surface area contributed by atoms with Gasteiger partial charge in [0.15, 0.2) is 0 Å². The highest BCUT2D eigenvalue weighted by atomic mass is 35.5. The first kappa shape index (κ1) is 24.1. The fourth-order valence-electron chi connectivity index (χ4n) is 3.83. The van der Waals surface area contributed by atoms with E-state index in [1.807, 2.05) is 18.2 Å². The number of ether oxygens (including phenoxy) is 1. The first-order valence-electron chi connectivity index (χ1n) is 10.7. The Labute approximate surface area is 206 Å². The number of rotatable bonds is 8. The number of hydrogen-bond donors (Lipinski definition) is 0. The molecule has 1 atom stereocenters. The number of carbonyl (C=O) groups excluding carboxylic acids is 2. The molecule has 0 fully saturated rings. The summed E-state index contributed by atoms with van der Waals surface area (Å²) in [4.78, 5) is 28.4. The molecule has 0 bridgehead atoms. The molecule has 176 valence electrons. The van der Waals surface area contributed by atoms with Crippen molar-refractivity contribution in [1.82, 2.24) is 9.91 Å². The molecule has 9 heteroatoms. The summed E-state index contributed by atoms with van der Waals surface area (Å²) in [6.45, 7) is 0.290. The lowest BCUT2D eigenvalue weighted by Crippen LogP contribution is -2.42. The van der Waals surface area contributed by atoms with Gasteiger partial charge in [0, 0.05) is 36.2 Å². The predicted molar refractivity (Wildman–Crippen MR) is 131 cm³/mol. The van der Waals surface area contributed by atoms with Gasteiger partial charge in [0.05, 0.1) is 23.2 Å². The number of halogens is 2. The van der Waals surface area contributed by atoms with Crippen LogP contribution in [0.3, 0.4) is 0 Å². The van der Waals surface area contributed by atoms with Crippen LogP contribution in [-0.2, 0) is 9.53 Å². The zero-order valence-electron chi connectivity index (χ0n) is 18.5. The van der Waals surface area contributed by atoms with Crippen LogP contribution in [0.2, 0.25) is 5.02 Å². The zero-order chi connectivity index (χ0) is 24.1. The van der Waals surface area contributed by atoms with E-state index in [1.165, 1.54) is 34.4 Å². The third kappa shape index (κ3) is 5.19. The van der Waals surface area contributed by atoms with Crippen LogP contribution in [-0.4, -0.2) is 54.2 Å². The van der Waals surface area contributed by atoms with Gasteiger partial charge in [-0.1, -0.05) is 54.1 Å². The van der Waals surface area contributed by atoms with Crippen molar-refractivity contribution in [3.05, 3.63) is 92.9 Å². The highest BCUT2D eigenvalue weighted by Crippen LogP contribution is 2.35. The second kappa shape index (κ2) is 10.9. The Kier molecular flexibility index (Phi) is 7.72. The molecule has 2 heterocycles. The second-order valence-corrected chi connectivity index (χ2v) is 9.06. The molecule has 0 unspecified atom stereocenters. The summed E-state index contributed by atoms with van der Waals surface area (Å²) >= 11 is 7.67. The molecular formula is C25H23ClFN3O3S. The highest BCUT2D eigenvalue weighted by Gasteiger charge is 2.36. The fourth-order valence-corrected chi connectivity index (χ4v) is 4.77. The summed E-state index contributed by atoms with van der Waals surface area (Å²) in [6, 6.07) is 16.4. The number of nitrogens with zero attached hydrogens (tertiary/aromatic N) is 3. The van der Waals surface area contributed by atoms with E-state index in [4.69, 9.17) is 16.3 Å². The lowest BCUT2D eigenvalue weighted by atomic mass is 9.98. The first-order chi connectivity index (χ1) is 16.5. The highest BCUT2D eigenvalue weighted by molar-refractivity contribution is 7.12. The van der Waals surface area contributed by atoms with E-state index in [1.54, 1.807) is 41.8 Å². The van der Waals surface area contributed by atoms with Gasteiger partial charge in [-0.3, -0.25) is 9.59 Å². The smallest absolute Gasteiger partial charge is 0.264 e. The van der Waals surface area contributed by atoms with Gasteiger partial charge in [-0.25, -0.2) is 9.40 Å². The fraction of sp³-hybridized carbons (Fsp3) is 0.240. The Morgan fingerprint density at radius 3 is 2.65 bits per heavy atom. The largest absolute Gasteiger partial charge is 0.383 e. The van der Waals surface area contributed by atoms with Gasteiger partial charge in [0.25, 0.3) is 11.8 Å². The molecule has 1 aliphatic rings. The molecule has 0 N–H and O–H groups in total. The van der Waals surface area contributed by atoms with Crippen LogP contribution >= 0.6 is 22.9 Å². The van der Waals surface area contributed by atoms with E-state index in [0.717, 1.165) is 0 Å². The maximum atomic E-state index is 14.7. The molecule has 6 nitrogen and oxygen atoms in total. The first-order valence-corrected chi connectivity index (χ1v) is 12.0. The molecule has 0 spiro atoms. The SMILES string of the molecule is COCCN(CC(=O)N1N=C(c2ccccc2Cl)C[C@H]1c1ccccc1F)C(=O)c1cccs1. The topological polar surface area (TPSA) is 62.2 Å². The maximum absolute atomic E-state index is 14.7. The monoisotopic (exact) mass is 499 g/mol. The Bertz CT molecular complexity index is 1200. The Morgan fingerprint density at radius 2 is 1.94 bits per heavy atom. The zero-order valence-corrected chi connectivity index (χ0v) is 20.1.